The number of hydrogen-bond acceptors (Lipinski definition) is 4. The molecule has 0 aromatic carbocycles. The molecular weight excluding hydrogens is 350 g/mol. The van der Waals surface area contributed by atoms with Gasteiger partial charge in [0.2, 0.25) is 0 Å². The number of hydrogen-bond donors (Lipinski definition) is 2. The summed E-state index contributed by atoms with van der Waals surface area (Å²) in [5, 5.41) is 6.56. The van der Waals surface area contributed by atoms with Crippen molar-refractivity contribution in [1.82, 2.24) is 10.6 Å². The van der Waals surface area contributed by atoms with Crippen molar-refractivity contribution < 1.29 is 13.2 Å². The molecule has 0 aromatic heterocycles. The SMILES string of the molecule is CCNC(=NCC1(S(C)(=O)=O)CCOCC1)NCCCCCCC(C)C. The Kier molecular flexibility index (Phi) is 10.5. The third kappa shape index (κ3) is 8.25. The minimum absolute atomic E-state index is 0.291. The summed E-state index contributed by atoms with van der Waals surface area (Å²) in [6, 6.07) is 0. The summed E-state index contributed by atoms with van der Waals surface area (Å²) in [6.45, 7) is 9.44. The standard InChI is InChI=1S/C19H39N3O3S/c1-5-20-18(21-13-9-7-6-8-10-17(2)3)22-16-19(26(4,23)24)11-14-25-15-12-19/h17H,5-16H2,1-4H3,(H2,20,21,22). The number of aliphatic imine (C=N–C) groups is 1. The molecule has 1 rings (SSSR count). The second kappa shape index (κ2) is 11.8. The second-order valence-electron chi connectivity index (χ2n) is 7.79. The Labute approximate surface area is 160 Å². The van der Waals surface area contributed by atoms with Crippen LogP contribution in [0.25, 0.3) is 0 Å². The maximum Gasteiger partial charge on any atom is 0.191 e. The molecule has 0 aromatic rings. The third-order valence-electron chi connectivity index (χ3n) is 5.06. The highest BCUT2D eigenvalue weighted by atomic mass is 32.2. The van der Waals surface area contributed by atoms with Gasteiger partial charge in [0.15, 0.2) is 15.8 Å². The van der Waals surface area contributed by atoms with Gasteiger partial charge >= 0.3 is 0 Å². The summed E-state index contributed by atoms with van der Waals surface area (Å²) in [5.41, 5.74) is 0. The van der Waals surface area contributed by atoms with Crippen molar-refractivity contribution >= 4 is 15.8 Å². The van der Waals surface area contributed by atoms with E-state index in [1.165, 1.54) is 31.9 Å². The summed E-state index contributed by atoms with van der Waals surface area (Å²) in [7, 11) is -3.18. The minimum atomic E-state index is -3.18. The molecule has 7 heteroatoms. The molecule has 0 spiro atoms. The lowest BCUT2D eigenvalue weighted by Crippen LogP contribution is -2.47. The molecule has 0 unspecified atom stereocenters. The van der Waals surface area contributed by atoms with Crippen molar-refractivity contribution in [3.63, 3.8) is 0 Å². The number of nitrogens with one attached hydrogen (secondary N) is 2. The number of sulfone groups is 1. The van der Waals surface area contributed by atoms with Crippen LogP contribution in [0.3, 0.4) is 0 Å². The van der Waals surface area contributed by atoms with Gasteiger partial charge in [-0.1, -0.05) is 39.5 Å². The van der Waals surface area contributed by atoms with Gasteiger partial charge in [-0.2, -0.15) is 0 Å². The molecule has 0 amide bonds. The lowest BCUT2D eigenvalue weighted by Gasteiger charge is -2.34. The average molecular weight is 390 g/mol. The molecule has 0 aliphatic carbocycles. The fraction of sp³-hybridized carbons (Fsp3) is 0.947. The Morgan fingerprint density at radius 2 is 1.77 bits per heavy atom. The number of unbranched alkanes of at least 4 members (excludes halogenated alkanes) is 3. The average Bonchev–Trinajstić information content (AvgIpc) is 2.58. The van der Waals surface area contributed by atoms with Gasteiger partial charge in [0, 0.05) is 32.6 Å². The van der Waals surface area contributed by atoms with Gasteiger partial charge in [0.25, 0.3) is 0 Å². The van der Waals surface area contributed by atoms with Crippen molar-refractivity contribution in [2.24, 2.45) is 10.9 Å². The topological polar surface area (TPSA) is 79.8 Å². The molecule has 26 heavy (non-hydrogen) atoms. The Hall–Kier alpha value is -0.820. The second-order valence-corrected chi connectivity index (χ2v) is 10.2. The molecule has 0 atom stereocenters. The molecular formula is C19H39N3O3S. The molecule has 0 bridgehead atoms. The van der Waals surface area contributed by atoms with E-state index in [1.807, 2.05) is 6.92 Å². The fourth-order valence-electron chi connectivity index (χ4n) is 3.19. The molecule has 0 saturated carbocycles. The normalized spacial score (nSPS) is 18.1. The number of guanidine groups is 1. The molecule has 1 heterocycles. The van der Waals surface area contributed by atoms with E-state index in [0.29, 0.717) is 38.6 Å². The monoisotopic (exact) mass is 389 g/mol. The summed E-state index contributed by atoms with van der Waals surface area (Å²) in [6.07, 6.45) is 8.54. The highest BCUT2D eigenvalue weighted by Crippen LogP contribution is 2.29. The van der Waals surface area contributed by atoms with Gasteiger partial charge in [-0.15, -0.1) is 0 Å². The van der Waals surface area contributed by atoms with Crippen LogP contribution in [-0.4, -0.2) is 58.2 Å². The largest absolute Gasteiger partial charge is 0.381 e. The van der Waals surface area contributed by atoms with Gasteiger partial charge in [-0.25, -0.2) is 8.42 Å². The fourth-order valence-corrected chi connectivity index (χ4v) is 4.40. The first-order valence-electron chi connectivity index (χ1n) is 10.1. The van der Waals surface area contributed by atoms with Crippen LogP contribution in [-0.2, 0) is 14.6 Å². The minimum Gasteiger partial charge on any atom is -0.381 e. The first kappa shape index (κ1) is 23.2. The summed E-state index contributed by atoms with van der Waals surface area (Å²) < 4.78 is 29.2. The van der Waals surface area contributed by atoms with E-state index in [2.05, 4.69) is 29.5 Å². The quantitative estimate of drug-likeness (QED) is 0.323. The van der Waals surface area contributed by atoms with Crippen molar-refractivity contribution in [2.75, 3.05) is 39.1 Å². The van der Waals surface area contributed by atoms with Gasteiger partial charge in [0.1, 0.15) is 0 Å². The number of ether oxygens (including phenoxy) is 1. The van der Waals surface area contributed by atoms with Crippen LogP contribution in [0.15, 0.2) is 4.99 Å². The number of nitrogens with zero attached hydrogens (tertiary/aromatic N) is 1. The molecule has 6 nitrogen and oxygen atoms in total. The highest BCUT2D eigenvalue weighted by Gasteiger charge is 2.42. The summed E-state index contributed by atoms with van der Waals surface area (Å²) >= 11 is 0. The molecule has 1 aliphatic rings. The van der Waals surface area contributed by atoms with Gasteiger partial charge in [-0.05, 0) is 32.1 Å². The zero-order valence-electron chi connectivity index (χ0n) is 17.1. The van der Waals surface area contributed by atoms with Crippen LogP contribution < -0.4 is 10.6 Å². The lowest BCUT2D eigenvalue weighted by molar-refractivity contribution is 0.0768. The van der Waals surface area contributed by atoms with Crippen LogP contribution in [0.2, 0.25) is 0 Å². The Bertz CT molecular complexity index is 512. The van der Waals surface area contributed by atoms with Crippen molar-refractivity contribution in [3.05, 3.63) is 0 Å². The third-order valence-corrected chi connectivity index (χ3v) is 7.17. The van der Waals surface area contributed by atoms with E-state index in [4.69, 9.17) is 4.74 Å². The molecule has 1 aliphatic heterocycles. The number of rotatable bonds is 11. The smallest absolute Gasteiger partial charge is 0.191 e. The molecule has 1 saturated heterocycles. The van der Waals surface area contributed by atoms with E-state index >= 15 is 0 Å². The maximum absolute atomic E-state index is 12.3. The predicted molar refractivity (Wildman–Crippen MR) is 110 cm³/mol. The van der Waals surface area contributed by atoms with E-state index in [9.17, 15) is 8.42 Å². The van der Waals surface area contributed by atoms with Crippen LogP contribution >= 0.6 is 0 Å². The Balaban J connectivity index is 2.49. The summed E-state index contributed by atoms with van der Waals surface area (Å²) in [5.74, 6) is 1.50. The first-order chi connectivity index (χ1) is 12.3. The zero-order chi connectivity index (χ0) is 19.5. The van der Waals surface area contributed by atoms with Crippen LogP contribution in [0.1, 0.15) is 65.7 Å². The van der Waals surface area contributed by atoms with Crippen LogP contribution in [0, 0.1) is 5.92 Å². The van der Waals surface area contributed by atoms with Gasteiger partial charge in [0.05, 0.1) is 11.3 Å². The lowest BCUT2D eigenvalue weighted by atomic mass is 9.99. The van der Waals surface area contributed by atoms with Crippen LogP contribution in [0.4, 0.5) is 0 Å². The van der Waals surface area contributed by atoms with E-state index < -0.39 is 14.6 Å². The van der Waals surface area contributed by atoms with E-state index in [1.54, 1.807) is 0 Å². The zero-order valence-corrected chi connectivity index (χ0v) is 18.0. The molecule has 154 valence electrons. The Morgan fingerprint density at radius 1 is 1.12 bits per heavy atom. The van der Waals surface area contributed by atoms with E-state index in [-0.39, 0.29) is 0 Å². The molecule has 1 fully saturated rings. The van der Waals surface area contributed by atoms with Crippen molar-refractivity contribution in [3.8, 4) is 0 Å². The Morgan fingerprint density at radius 3 is 2.35 bits per heavy atom. The van der Waals surface area contributed by atoms with Crippen LogP contribution in [0.5, 0.6) is 0 Å². The van der Waals surface area contributed by atoms with Gasteiger partial charge < -0.3 is 15.4 Å². The van der Waals surface area contributed by atoms with Crippen molar-refractivity contribution in [2.45, 2.75) is 70.5 Å². The van der Waals surface area contributed by atoms with E-state index in [0.717, 1.165) is 25.4 Å². The molecule has 2 N–H and O–H groups in total. The van der Waals surface area contributed by atoms with Crippen molar-refractivity contribution in [1.29, 1.82) is 0 Å². The van der Waals surface area contributed by atoms with Gasteiger partial charge in [-0.3, -0.25) is 4.99 Å². The first-order valence-corrected chi connectivity index (χ1v) is 12.0. The molecule has 0 radical (unpaired) electrons. The summed E-state index contributed by atoms with van der Waals surface area (Å²) in [4.78, 5) is 4.59. The maximum atomic E-state index is 12.3. The highest BCUT2D eigenvalue weighted by molar-refractivity contribution is 7.92. The predicted octanol–water partition coefficient (Wildman–Crippen LogP) is 2.74.